The fourth-order valence-electron chi connectivity index (χ4n) is 2.47. The lowest BCUT2D eigenvalue weighted by molar-refractivity contribution is 0.175. The number of rotatable bonds is 3. The highest BCUT2D eigenvalue weighted by Crippen LogP contribution is 2.28. The van der Waals surface area contributed by atoms with Crippen LogP contribution >= 0.6 is 11.3 Å². The Morgan fingerprint density at radius 1 is 1.56 bits per heavy atom. The number of aliphatic hydroxyl groups excluding tert-OH is 1. The quantitative estimate of drug-likeness (QED) is 0.916. The van der Waals surface area contributed by atoms with E-state index in [1.54, 1.807) is 11.3 Å². The van der Waals surface area contributed by atoms with Gasteiger partial charge in [0.15, 0.2) is 0 Å². The van der Waals surface area contributed by atoms with Crippen LogP contribution in [0.25, 0.3) is 10.6 Å². The average Bonchev–Trinajstić information content (AvgIpc) is 3.01. The first kappa shape index (κ1) is 11.9. The van der Waals surface area contributed by atoms with Crippen molar-refractivity contribution < 1.29 is 5.11 Å². The third-order valence-electron chi connectivity index (χ3n) is 3.30. The molecule has 96 valence electrons. The molecule has 2 aromatic heterocycles. The molecule has 1 N–H and O–H groups in total. The van der Waals surface area contributed by atoms with Crippen molar-refractivity contribution in [2.75, 3.05) is 13.1 Å². The molecule has 0 spiro atoms. The lowest BCUT2D eigenvalue weighted by Gasteiger charge is -2.14. The second-order valence-corrected chi connectivity index (χ2v) is 5.78. The van der Waals surface area contributed by atoms with Gasteiger partial charge in [0.25, 0.3) is 0 Å². The van der Waals surface area contributed by atoms with E-state index in [1.807, 2.05) is 11.7 Å². The molecule has 0 radical (unpaired) electrons. The smallest absolute Gasteiger partial charge is 0.107 e. The zero-order valence-corrected chi connectivity index (χ0v) is 11.2. The summed E-state index contributed by atoms with van der Waals surface area (Å²) in [4.78, 5) is 3.50. The molecule has 0 saturated carbocycles. The van der Waals surface area contributed by atoms with Gasteiger partial charge >= 0.3 is 0 Å². The van der Waals surface area contributed by atoms with Crippen LogP contribution in [0.1, 0.15) is 12.0 Å². The van der Waals surface area contributed by atoms with Crippen LogP contribution in [0.4, 0.5) is 0 Å². The van der Waals surface area contributed by atoms with E-state index >= 15 is 0 Å². The molecule has 1 saturated heterocycles. The van der Waals surface area contributed by atoms with Gasteiger partial charge in [-0.3, -0.25) is 9.58 Å². The largest absolute Gasteiger partial charge is 0.392 e. The minimum Gasteiger partial charge on any atom is -0.392 e. The first-order valence-electron chi connectivity index (χ1n) is 6.19. The van der Waals surface area contributed by atoms with Crippen molar-refractivity contribution in [3.63, 3.8) is 0 Å². The number of likely N-dealkylation sites (tertiary alicyclic amines) is 1. The topological polar surface area (TPSA) is 41.3 Å². The van der Waals surface area contributed by atoms with Gasteiger partial charge in [0.2, 0.25) is 0 Å². The number of hydrogen-bond acceptors (Lipinski definition) is 4. The van der Waals surface area contributed by atoms with Crippen molar-refractivity contribution in [2.24, 2.45) is 7.05 Å². The maximum Gasteiger partial charge on any atom is 0.107 e. The van der Waals surface area contributed by atoms with E-state index in [9.17, 15) is 5.11 Å². The second-order valence-electron chi connectivity index (χ2n) is 4.83. The van der Waals surface area contributed by atoms with Gasteiger partial charge in [0.1, 0.15) is 5.69 Å². The molecule has 2 aromatic rings. The van der Waals surface area contributed by atoms with Crippen LogP contribution < -0.4 is 0 Å². The van der Waals surface area contributed by atoms with Crippen LogP contribution in [0.15, 0.2) is 23.7 Å². The van der Waals surface area contributed by atoms with Gasteiger partial charge in [-0.2, -0.15) is 5.10 Å². The third-order valence-corrected chi connectivity index (χ3v) is 4.18. The number of thiophene rings is 1. The van der Waals surface area contributed by atoms with Crippen LogP contribution in [-0.2, 0) is 13.6 Å². The number of hydrogen-bond donors (Lipinski definition) is 1. The van der Waals surface area contributed by atoms with Crippen LogP contribution in [0.3, 0.4) is 0 Å². The molecule has 3 heterocycles. The first-order valence-corrected chi connectivity index (χ1v) is 7.07. The van der Waals surface area contributed by atoms with Gasteiger partial charge in [0, 0.05) is 38.4 Å². The summed E-state index contributed by atoms with van der Waals surface area (Å²) in [6, 6.07) is 4.16. The maximum atomic E-state index is 9.58. The number of aliphatic hydroxyl groups is 1. The van der Waals surface area contributed by atoms with Crippen molar-refractivity contribution in [3.8, 4) is 10.6 Å². The summed E-state index contributed by atoms with van der Waals surface area (Å²) < 4.78 is 1.87. The minimum absolute atomic E-state index is 0.160. The van der Waals surface area contributed by atoms with E-state index in [2.05, 4.69) is 33.7 Å². The molecule has 0 unspecified atom stereocenters. The van der Waals surface area contributed by atoms with Gasteiger partial charge < -0.3 is 5.11 Å². The fourth-order valence-corrected chi connectivity index (χ4v) is 3.22. The van der Waals surface area contributed by atoms with Gasteiger partial charge in [-0.15, -0.1) is 11.3 Å². The fraction of sp³-hybridized carbons (Fsp3) is 0.462. The minimum atomic E-state index is -0.160. The Bertz CT molecular complexity index is 520. The van der Waals surface area contributed by atoms with E-state index < -0.39 is 0 Å². The monoisotopic (exact) mass is 263 g/mol. The molecule has 1 atom stereocenters. The van der Waals surface area contributed by atoms with Crippen molar-refractivity contribution >= 4 is 11.3 Å². The van der Waals surface area contributed by atoms with Gasteiger partial charge in [0.05, 0.1) is 11.0 Å². The standard InChI is InChI=1S/C13H17N3OS/c1-15-7-10(8-16-5-4-11(17)9-16)13(14-15)12-3-2-6-18-12/h2-3,6-7,11,17H,4-5,8-9H2,1H3/t11-/m1/s1. The molecule has 1 aliphatic rings. The van der Waals surface area contributed by atoms with E-state index in [-0.39, 0.29) is 6.10 Å². The summed E-state index contributed by atoms with van der Waals surface area (Å²) in [6.45, 7) is 2.62. The third kappa shape index (κ3) is 2.34. The molecule has 5 heteroatoms. The molecule has 18 heavy (non-hydrogen) atoms. The van der Waals surface area contributed by atoms with E-state index in [1.165, 1.54) is 10.4 Å². The zero-order valence-electron chi connectivity index (χ0n) is 10.4. The van der Waals surface area contributed by atoms with E-state index in [0.29, 0.717) is 0 Å². The van der Waals surface area contributed by atoms with Crippen molar-refractivity contribution in [2.45, 2.75) is 19.1 Å². The van der Waals surface area contributed by atoms with Crippen LogP contribution in [0.2, 0.25) is 0 Å². The number of aromatic nitrogens is 2. The molecule has 0 amide bonds. The molecular formula is C13H17N3OS. The summed E-state index contributed by atoms with van der Waals surface area (Å²) in [5.41, 5.74) is 2.32. The van der Waals surface area contributed by atoms with Crippen LogP contribution in [0, 0.1) is 0 Å². The number of aryl methyl sites for hydroxylation is 1. The summed E-state index contributed by atoms with van der Waals surface area (Å²) >= 11 is 1.72. The van der Waals surface area contributed by atoms with Crippen molar-refractivity contribution in [1.82, 2.24) is 14.7 Å². The second kappa shape index (κ2) is 4.84. The Balaban J connectivity index is 1.83. The molecule has 1 aliphatic heterocycles. The number of nitrogens with zero attached hydrogens (tertiary/aromatic N) is 3. The summed E-state index contributed by atoms with van der Waals surface area (Å²) in [5, 5.41) is 16.2. The summed E-state index contributed by atoms with van der Waals surface area (Å²) in [5.74, 6) is 0. The highest BCUT2D eigenvalue weighted by Gasteiger charge is 2.22. The molecule has 3 rings (SSSR count). The SMILES string of the molecule is Cn1cc(CN2CC[C@@H](O)C2)c(-c2cccs2)n1. The van der Waals surface area contributed by atoms with Crippen molar-refractivity contribution in [3.05, 3.63) is 29.3 Å². The zero-order chi connectivity index (χ0) is 12.5. The molecular weight excluding hydrogens is 246 g/mol. The lowest BCUT2D eigenvalue weighted by Crippen LogP contribution is -2.21. The normalized spacial score (nSPS) is 20.7. The molecule has 0 aliphatic carbocycles. The molecule has 0 bridgehead atoms. The Morgan fingerprint density at radius 2 is 2.44 bits per heavy atom. The number of β-amino-alcohol motifs (C(OH)–C–C–N with tert-alkyl or cyclic N) is 1. The van der Waals surface area contributed by atoms with Gasteiger partial charge in [-0.05, 0) is 17.9 Å². The summed E-state index contributed by atoms with van der Waals surface area (Å²) in [7, 11) is 1.96. The lowest BCUT2D eigenvalue weighted by atomic mass is 10.2. The van der Waals surface area contributed by atoms with E-state index in [4.69, 9.17) is 0 Å². The summed E-state index contributed by atoms with van der Waals surface area (Å²) in [6.07, 6.45) is 2.81. The first-order chi connectivity index (χ1) is 8.72. The van der Waals surface area contributed by atoms with Crippen LogP contribution in [-0.4, -0.2) is 39.0 Å². The Labute approximate surface area is 110 Å². The predicted octanol–water partition coefficient (Wildman–Crippen LogP) is 1.72. The molecule has 0 aromatic carbocycles. The van der Waals surface area contributed by atoms with E-state index in [0.717, 1.165) is 31.7 Å². The maximum absolute atomic E-state index is 9.58. The molecule has 1 fully saturated rings. The van der Waals surface area contributed by atoms with Crippen LogP contribution in [0.5, 0.6) is 0 Å². The Morgan fingerprint density at radius 3 is 3.11 bits per heavy atom. The Kier molecular flexibility index (Phi) is 3.20. The average molecular weight is 263 g/mol. The predicted molar refractivity (Wildman–Crippen MR) is 72.4 cm³/mol. The highest BCUT2D eigenvalue weighted by atomic mass is 32.1. The Hall–Kier alpha value is -1.17. The van der Waals surface area contributed by atoms with Gasteiger partial charge in [-0.25, -0.2) is 0 Å². The molecule has 4 nitrogen and oxygen atoms in total. The van der Waals surface area contributed by atoms with Gasteiger partial charge in [-0.1, -0.05) is 6.07 Å². The van der Waals surface area contributed by atoms with Crippen molar-refractivity contribution in [1.29, 1.82) is 0 Å². The highest BCUT2D eigenvalue weighted by molar-refractivity contribution is 7.13.